The Morgan fingerprint density at radius 3 is 3.05 bits per heavy atom. The molecule has 118 valence electrons. The summed E-state index contributed by atoms with van der Waals surface area (Å²) in [6.45, 7) is 2.77. The van der Waals surface area contributed by atoms with Crippen molar-refractivity contribution in [3.8, 4) is 0 Å². The highest BCUT2D eigenvalue weighted by atomic mass is 32.2. The van der Waals surface area contributed by atoms with Gasteiger partial charge >= 0.3 is 0 Å². The van der Waals surface area contributed by atoms with Gasteiger partial charge in [0, 0.05) is 12.7 Å². The molecule has 1 aliphatic carbocycles. The fourth-order valence-corrected chi connectivity index (χ4v) is 3.90. The van der Waals surface area contributed by atoms with E-state index < -0.39 is 0 Å². The molecule has 0 saturated heterocycles. The van der Waals surface area contributed by atoms with Crippen molar-refractivity contribution in [1.82, 2.24) is 14.7 Å². The number of hydrogen-bond donors (Lipinski definition) is 1. The summed E-state index contributed by atoms with van der Waals surface area (Å²) in [6, 6.07) is 5.99. The van der Waals surface area contributed by atoms with E-state index in [0.717, 1.165) is 17.2 Å². The third-order valence-corrected chi connectivity index (χ3v) is 5.43. The maximum Gasteiger partial charge on any atom is 0.233 e. The van der Waals surface area contributed by atoms with Gasteiger partial charge in [0.15, 0.2) is 5.16 Å². The third kappa shape index (κ3) is 3.64. The Morgan fingerprint density at radius 1 is 1.41 bits per heavy atom. The molecule has 3 rings (SSSR count). The van der Waals surface area contributed by atoms with Crippen LogP contribution >= 0.6 is 11.8 Å². The fourth-order valence-electron chi connectivity index (χ4n) is 3.00. The van der Waals surface area contributed by atoms with Crippen molar-refractivity contribution >= 4 is 23.2 Å². The summed E-state index contributed by atoms with van der Waals surface area (Å²) >= 11 is 1.51. The van der Waals surface area contributed by atoms with Gasteiger partial charge < -0.3 is 5.32 Å². The molecule has 1 fully saturated rings. The standard InChI is InChI=1S/C17H23N3OS/c1-13(16(21)18-11-14-7-3-2-4-8-14)22-17-19-12-15-9-5-6-10-20(15)17/h5-6,9-10,12-14H,2-4,7-8,11H2,1H3,(H,18,21). The molecule has 2 aromatic heterocycles. The molecule has 2 aromatic rings. The van der Waals surface area contributed by atoms with Crippen molar-refractivity contribution in [3.63, 3.8) is 0 Å². The molecule has 1 amide bonds. The van der Waals surface area contributed by atoms with Gasteiger partial charge in [-0.25, -0.2) is 4.98 Å². The topological polar surface area (TPSA) is 46.4 Å². The van der Waals surface area contributed by atoms with E-state index >= 15 is 0 Å². The number of pyridine rings is 1. The Labute approximate surface area is 135 Å². The number of carbonyl (C=O) groups excluding carboxylic acids is 1. The summed E-state index contributed by atoms with van der Waals surface area (Å²) in [4.78, 5) is 16.7. The monoisotopic (exact) mass is 317 g/mol. The average Bonchev–Trinajstić information content (AvgIpc) is 2.97. The van der Waals surface area contributed by atoms with Gasteiger partial charge in [-0.3, -0.25) is 9.20 Å². The maximum atomic E-state index is 12.3. The summed E-state index contributed by atoms with van der Waals surface area (Å²) < 4.78 is 2.02. The second-order valence-electron chi connectivity index (χ2n) is 6.05. The largest absolute Gasteiger partial charge is 0.355 e. The van der Waals surface area contributed by atoms with Crippen LogP contribution in [0.2, 0.25) is 0 Å². The second kappa shape index (κ2) is 7.18. The average molecular weight is 317 g/mol. The van der Waals surface area contributed by atoms with Gasteiger partial charge in [0.2, 0.25) is 5.91 Å². The number of imidazole rings is 1. The Bertz CT molecular complexity index is 634. The molecule has 1 unspecified atom stereocenters. The number of nitrogens with one attached hydrogen (secondary N) is 1. The van der Waals surface area contributed by atoms with Crippen LogP contribution in [0.5, 0.6) is 0 Å². The molecular formula is C17H23N3OS. The van der Waals surface area contributed by atoms with Gasteiger partial charge in [-0.05, 0) is 37.8 Å². The number of amides is 1. The summed E-state index contributed by atoms with van der Waals surface area (Å²) in [5, 5.41) is 3.86. The molecule has 0 spiro atoms. The first-order chi connectivity index (χ1) is 10.7. The Balaban J connectivity index is 1.54. The first kappa shape index (κ1) is 15.4. The van der Waals surface area contributed by atoms with E-state index in [1.54, 1.807) is 0 Å². The lowest BCUT2D eigenvalue weighted by Crippen LogP contribution is -2.35. The Morgan fingerprint density at radius 2 is 2.23 bits per heavy atom. The number of carbonyl (C=O) groups is 1. The van der Waals surface area contributed by atoms with Crippen LogP contribution in [-0.2, 0) is 4.79 Å². The molecule has 4 nitrogen and oxygen atoms in total. The predicted octanol–water partition coefficient (Wildman–Crippen LogP) is 3.51. The minimum absolute atomic E-state index is 0.114. The molecule has 0 bridgehead atoms. The van der Waals surface area contributed by atoms with Gasteiger partial charge in [-0.1, -0.05) is 37.1 Å². The lowest BCUT2D eigenvalue weighted by molar-refractivity contribution is -0.120. The molecule has 0 aromatic carbocycles. The molecular weight excluding hydrogens is 294 g/mol. The molecule has 1 atom stereocenters. The Hall–Kier alpha value is -1.49. The highest BCUT2D eigenvalue weighted by molar-refractivity contribution is 8.00. The van der Waals surface area contributed by atoms with E-state index in [2.05, 4.69) is 10.3 Å². The molecule has 1 N–H and O–H groups in total. The zero-order valence-corrected chi connectivity index (χ0v) is 13.8. The van der Waals surface area contributed by atoms with Crippen LogP contribution in [0.4, 0.5) is 0 Å². The molecule has 0 aliphatic heterocycles. The van der Waals surface area contributed by atoms with Gasteiger partial charge in [-0.15, -0.1) is 0 Å². The van der Waals surface area contributed by atoms with E-state index in [1.165, 1.54) is 43.9 Å². The quantitative estimate of drug-likeness (QED) is 0.858. The number of hydrogen-bond acceptors (Lipinski definition) is 3. The molecule has 2 heterocycles. The van der Waals surface area contributed by atoms with Crippen LogP contribution in [0, 0.1) is 5.92 Å². The van der Waals surface area contributed by atoms with Gasteiger partial charge in [0.05, 0.1) is 17.0 Å². The van der Waals surface area contributed by atoms with Gasteiger partial charge in [0.1, 0.15) is 0 Å². The summed E-state index contributed by atoms with van der Waals surface area (Å²) in [7, 11) is 0. The molecule has 0 radical (unpaired) electrons. The summed E-state index contributed by atoms with van der Waals surface area (Å²) in [6.07, 6.45) is 10.3. The summed E-state index contributed by atoms with van der Waals surface area (Å²) in [5.41, 5.74) is 1.06. The molecule has 1 saturated carbocycles. The minimum atomic E-state index is -0.130. The zero-order valence-electron chi connectivity index (χ0n) is 13.0. The van der Waals surface area contributed by atoms with Crippen LogP contribution in [-0.4, -0.2) is 27.1 Å². The van der Waals surface area contributed by atoms with E-state index in [1.807, 2.05) is 41.9 Å². The van der Waals surface area contributed by atoms with Gasteiger partial charge in [0.25, 0.3) is 0 Å². The van der Waals surface area contributed by atoms with Crippen molar-refractivity contribution in [1.29, 1.82) is 0 Å². The van der Waals surface area contributed by atoms with E-state index in [4.69, 9.17) is 0 Å². The van der Waals surface area contributed by atoms with Crippen molar-refractivity contribution in [2.75, 3.05) is 6.54 Å². The predicted molar refractivity (Wildman–Crippen MR) is 90.1 cm³/mol. The highest BCUT2D eigenvalue weighted by Gasteiger charge is 2.19. The molecule has 22 heavy (non-hydrogen) atoms. The van der Waals surface area contributed by atoms with Crippen LogP contribution < -0.4 is 5.32 Å². The van der Waals surface area contributed by atoms with Crippen molar-refractivity contribution in [2.45, 2.75) is 49.4 Å². The highest BCUT2D eigenvalue weighted by Crippen LogP contribution is 2.25. The van der Waals surface area contributed by atoms with Crippen molar-refractivity contribution in [3.05, 3.63) is 30.6 Å². The summed E-state index contributed by atoms with van der Waals surface area (Å²) in [5.74, 6) is 0.783. The van der Waals surface area contributed by atoms with Gasteiger partial charge in [-0.2, -0.15) is 0 Å². The second-order valence-corrected chi connectivity index (χ2v) is 7.35. The number of fused-ring (bicyclic) bond motifs is 1. The van der Waals surface area contributed by atoms with Crippen molar-refractivity contribution < 1.29 is 4.79 Å². The van der Waals surface area contributed by atoms with Crippen LogP contribution in [0.3, 0.4) is 0 Å². The SMILES string of the molecule is CC(Sc1ncc2ccccn12)C(=O)NCC1CCCCC1. The Kier molecular flexibility index (Phi) is 5.03. The van der Waals surface area contributed by atoms with Crippen molar-refractivity contribution in [2.24, 2.45) is 5.92 Å². The maximum absolute atomic E-state index is 12.3. The third-order valence-electron chi connectivity index (χ3n) is 4.35. The van der Waals surface area contributed by atoms with Crippen LogP contribution in [0.25, 0.3) is 5.52 Å². The molecule has 1 aliphatic rings. The minimum Gasteiger partial charge on any atom is -0.355 e. The normalized spacial score (nSPS) is 17.5. The first-order valence-corrected chi connectivity index (χ1v) is 8.98. The van der Waals surface area contributed by atoms with E-state index in [0.29, 0.717) is 5.92 Å². The van der Waals surface area contributed by atoms with Crippen LogP contribution in [0.1, 0.15) is 39.0 Å². The molecule has 5 heteroatoms. The van der Waals surface area contributed by atoms with E-state index in [-0.39, 0.29) is 11.2 Å². The lowest BCUT2D eigenvalue weighted by atomic mass is 9.89. The van der Waals surface area contributed by atoms with Crippen LogP contribution in [0.15, 0.2) is 35.7 Å². The number of nitrogens with zero attached hydrogens (tertiary/aromatic N) is 2. The lowest BCUT2D eigenvalue weighted by Gasteiger charge is -2.22. The van der Waals surface area contributed by atoms with E-state index in [9.17, 15) is 4.79 Å². The number of rotatable bonds is 5. The smallest absolute Gasteiger partial charge is 0.233 e. The fraction of sp³-hybridized carbons (Fsp3) is 0.529. The number of thioether (sulfide) groups is 1. The first-order valence-electron chi connectivity index (χ1n) is 8.10. The number of aromatic nitrogens is 2. The zero-order chi connectivity index (χ0) is 15.4.